The van der Waals surface area contributed by atoms with Crippen LogP contribution in [-0.4, -0.2) is 37.5 Å². The lowest BCUT2D eigenvalue weighted by molar-refractivity contribution is 0.233. The van der Waals surface area contributed by atoms with Crippen molar-refractivity contribution in [1.29, 1.82) is 0 Å². The zero-order valence-electron chi connectivity index (χ0n) is 9.41. The molecule has 1 aliphatic heterocycles. The third-order valence-electron chi connectivity index (χ3n) is 3.04. The first kappa shape index (κ1) is 12.3. The van der Waals surface area contributed by atoms with E-state index in [9.17, 15) is 8.42 Å². The number of anilines is 1. The highest BCUT2D eigenvalue weighted by molar-refractivity contribution is 7.89. The molecule has 5 nitrogen and oxygen atoms in total. The Balaban J connectivity index is 2.29. The number of aliphatic hydroxyl groups is 1. The van der Waals surface area contributed by atoms with Gasteiger partial charge in [0.2, 0.25) is 10.0 Å². The van der Waals surface area contributed by atoms with Crippen molar-refractivity contribution >= 4 is 15.7 Å². The van der Waals surface area contributed by atoms with Gasteiger partial charge in [0, 0.05) is 19.7 Å². The van der Waals surface area contributed by atoms with Crippen LogP contribution in [0.4, 0.5) is 5.69 Å². The Labute approximate surface area is 101 Å². The molecule has 0 saturated carbocycles. The Bertz CT molecular complexity index is 501. The number of para-hydroxylation sites is 1. The average molecular weight is 256 g/mol. The number of sulfonamides is 1. The summed E-state index contributed by atoms with van der Waals surface area (Å²) in [7, 11) is -3.52. The maximum Gasteiger partial charge on any atom is 0.245 e. The fourth-order valence-corrected chi connectivity index (χ4v) is 3.67. The van der Waals surface area contributed by atoms with Crippen LogP contribution < -0.4 is 5.73 Å². The maximum absolute atomic E-state index is 12.3. The molecule has 1 heterocycles. The Morgan fingerprint density at radius 3 is 2.71 bits per heavy atom. The molecule has 94 valence electrons. The molecule has 1 atom stereocenters. The van der Waals surface area contributed by atoms with Crippen molar-refractivity contribution < 1.29 is 13.5 Å². The minimum atomic E-state index is -3.52. The van der Waals surface area contributed by atoms with Crippen molar-refractivity contribution in [3.63, 3.8) is 0 Å². The predicted octanol–water partition coefficient (Wildman–Crippen LogP) is 0.272. The molecular weight excluding hydrogens is 240 g/mol. The molecule has 0 aliphatic carbocycles. The number of benzene rings is 1. The maximum atomic E-state index is 12.3. The van der Waals surface area contributed by atoms with Gasteiger partial charge in [-0.1, -0.05) is 12.1 Å². The summed E-state index contributed by atoms with van der Waals surface area (Å²) in [6.07, 6.45) is 0.697. The Morgan fingerprint density at radius 2 is 2.12 bits per heavy atom. The van der Waals surface area contributed by atoms with Crippen LogP contribution in [0.2, 0.25) is 0 Å². The van der Waals surface area contributed by atoms with Gasteiger partial charge < -0.3 is 10.8 Å². The molecule has 0 unspecified atom stereocenters. The molecule has 1 aromatic rings. The van der Waals surface area contributed by atoms with E-state index in [1.165, 1.54) is 10.4 Å². The predicted molar refractivity (Wildman–Crippen MR) is 64.8 cm³/mol. The summed E-state index contributed by atoms with van der Waals surface area (Å²) >= 11 is 0. The molecule has 1 aliphatic rings. The normalized spacial score (nSPS) is 21.8. The Hall–Kier alpha value is -1.11. The van der Waals surface area contributed by atoms with Crippen LogP contribution in [0, 0.1) is 5.92 Å². The summed E-state index contributed by atoms with van der Waals surface area (Å²) in [4.78, 5) is 0.151. The third-order valence-corrected chi connectivity index (χ3v) is 4.98. The van der Waals surface area contributed by atoms with E-state index in [0.717, 1.165) is 0 Å². The van der Waals surface area contributed by atoms with E-state index >= 15 is 0 Å². The van der Waals surface area contributed by atoms with Crippen LogP contribution >= 0.6 is 0 Å². The number of rotatable bonds is 3. The minimum absolute atomic E-state index is 0.0241. The molecule has 17 heavy (non-hydrogen) atoms. The topological polar surface area (TPSA) is 83.6 Å². The zero-order chi connectivity index (χ0) is 12.5. The first-order valence-corrected chi connectivity index (χ1v) is 6.95. The molecule has 1 aromatic carbocycles. The minimum Gasteiger partial charge on any atom is -0.398 e. The van der Waals surface area contributed by atoms with Gasteiger partial charge in [0.25, 0.3) is 0 Å². The van der Waals surface area contributed by atoms with Crippen LogP contribution in [0.5, 0.6) is 0 Å². The van der Waals surface area contributed by atoms with E-state index in [0.29, 0.717) is 19.5 Å². The molecule has 2 rings (SSSR count). The second-order valence-corrected chi connectivity index (χ2v) is 6.14. The number of aliphatic hydroxyl groups excluding tert-OH is 1. The van der Waals surface area contributed by atoms with Crippen molar-refractivity contribution in [1.82, 2.24) is 4.31 Å². The number of nitrogens with two attached hydrogens (primary N) is 1. The van der Waals surface area contributed by atoms with Crippen LogP contribution in [0.15, 0.2) is 29.2 Å². The van der Waals surface area contributed by atoms with Crippen molar-refractivity contribution in [3.05, 3.63) is 24.3 Å². The van der Waals surface area contributed by atoms with E-state index in [2.05, 4.69) is 0 Å². The average Bonchev–Trinajstić information content (AvgIpc) is 2.78. The Kier molecular flexibility index (Phi) is 3.37. The van der Waals surface area contributed by atoms with Gasteiger partial charge in [0.1, 0.15) is 4.90 Å². The van der Waals surface area contributed by atoms with Gasteiger partial charge in [-0.05, 0) is 24.5 Å². The van der Waals surface area contributed by atoms with Crippen molar-refractivity contribution in [3.8, 4) is 0 Å². The first-order valence-electron chi connectivity index (χ1n) is 5.51. The molecular formula is C11H16N2O3S. The second-order valence-electron chi connectivity index (χ2n) is 4.24. The molecule has 0 bridgehead atoms. The number of hydrogen-bond donors (Lipinski definition) is 2. The van der Waals surface area contributed by atoms with Crippen molar-refractivity contribution in [2.24, 2.45) is 5.92 Å². The van der Waals surface area contributed by atoms with Gasteiger partial charge >= 0.3 is 0 Å². The van der Waals surface area contributed by atoms with Crippen molar-refractivity contribution in [2.45, 2.75) is 11.3 Å². The molecule has 1 fully saturated rings. The zero-order valence-corrected chi connectivity index (χ0v) is 10.2. The summed E-state index contributed by atoms with van der Waals surface area (Å²) in [5, 5.41) is 9.03. The second kappa shape index (κ2) is 4.64. The van der Waals surface area contributed by atoms with Crippen LogP contribution in [0.25, 0.3) is 0 Å². The monoisotopic (exact) mass is 256 g/mol. The van der Waals surface area contributed by atoms with E-state index in [1.807, 2.05) is 0 Å². The molecule has 0 amide bonds. The standard InChI is InChI=1S/C11H16N2O3S/c12-10-3-1-2-4-11(10)17(15,16)13-6-5-9(7-13)8-14/h1-4,9,14H,5-8,12H2/t9-/m0/s1. The van der Waals surface area contributed by atoms with Gasteiger partial charge in [-0.3, -0.25) is 0 Å². The summed E-state index contributed by atoms with van der Waals surface area (Å²) < 4.78 is 26.0. The highest BCUT2D eigenvalue weighted by Gasteiger charge is 2.32. The van der Waals surface area contributed by atoms with E-state index < -0.39 is 10.0 Å². The van der Waals surface area contributed by atoms with Crippen LogP contribution in [0.3, 0.4) is 0 Å². The van der Waals surface area contributed by atoms with Gasteiger partial charge in [0.15, 0.2) is 0 Å². The number of hydrogen-bond acceptors (Lipinski definition) is 4. The number of nitrogens with zero attached hydrogens (tertiary/aromatic N) is 1. The van der Waals surface area contributed by atoms with Crippen LogP contribution in [-0.2, 0) is 10.0 Å². The fraction of sp³-hybridized carbons (Fsp3) is 0.455. The van der Waals surface area contributed by atoms with E-state index in [4.69, 9.17) is 10.8 Å². The lowest BCUT2D eigenvalue weighted by Crippen LogP contribution is -2.29. The van der Waals surface area contributed by atoms with Gasteiger partial charge in [-0.25, -0.2) is 8.42 Å². The van der Waals surface area contributed by atoms with Gasteiger partial charge in [-0.15, -0.1) is 0 Å². The molecule has 0 spiro atoms. The van der Waals surface area contributed by atoms with Gasteiger partial charge in [-0.2, -0.15) is 4.31 Å². The number of nitrogen functional groups attached to an aromatic ring is 1. The fourth-order valence-electron chi connectivity index (χ4n) is 2.02. The smallest absolute Gasteiger partial charge is 0.245 e. The molecule has 0 aromatic heterocycles. The van der Waals surface area contributed by atoms with Gasteiger partial charge in [0.05, 0.1) is 5.69 Å². The van der Waals surface area contributed by atoms with Crippen LogP contribution in [0.1, 0.15) is 6.42 Å². The molecule has 1 saturated heterocycles. The summed E-state index contributed by atoms with van der Waals surface area (Å²) in [5.74, 6) is 0.0368. The Morgan fingerprint density at radius 1 is 1.41 bits per heavy atom. The SMILES string of the molecule is Nc1ccccc1S(=O)(=O)N1CC[C@H](CO)C1. The van der Waals surface area contributed by atoms with Crippen molar-refractivity contribution in [2.75, 3.05) is 25.4 Å². The molecule has 0 radical (unpaired) electrons. The third kappa shape index (κ3) is 2.29. The highest BCUT2D eigenvalue weighted by Crippen LogP contribution is 2.26. The molecule has 3 N–H and O–H groups in total. The van der Waals surface area contributed by atoms with E-state index in [-0.39, 0.29) is 23.1 Å². The largest absolute Gasteiger partial charge is 0.398 e. The summed E-state index contributed by atoms with van der Waals surface area (Å²) in [6, 6.07) is 6.45. The lowest BCUT2D eigenvalue weighted by Gasteiger charge is -2.17. The van der Waals surface area contributed by atoms with E-state index in [1.54, 1.807) is 18.2 Å². The lowest BCUT2D eigenvalue weighted by atomic mass is 10.1. The molecule has 6 heteroatoms. The summed E-state index contributed by atoms with van der Waals surface area (Å²) in [6.45, 7) is 0.839. The quantitative estimate of drug-likeness (QED) is 0.760. The first-order chi connectivity index (χ1) is 8.05. The summed E-state index contributed by atoms with van der Waals surface area (Å²) in [5.41, 5.74) is 5.95. The highest BCUT2D eigenvalue weighted by atomic mass is 32.2.